The van der Waals surface area contributed by atoms with Crippen molar-refractivity contribution in [3.8, 4) is 0 Å². The maximum Gasteiger partial charge on any atom is 0.123 e. The molecule has 3 heterocycles. The van der Waals surface area contributed by atoms with E-state index < -0.39 is 0 Å². The summed E-state index contributed by atoms with van der Waals surface area (Å²) >= 11 is 0. The summed E-state index contributed by atoms with van der Waals surface area (Å²) in [5.74, 6) is -0.175. The maximum atomic E-state index is 13.8. The number of hydrogen-bond donors (Lipinski definition) is 0. The zero-order chi connectivity index (χ0) is 16.7. The molecule has 0 N–H and O–H groups in total. The van der Waals surface area contributed by atoms with Gasteiger partial charge in [-0.2, -0.15) is 0 Å². The Kier molecular flexibility index (Phi) is 3.69. The average molecular weight is 321 g/mol. The molecule has 2 aromatic heterocycles. The minimum Gasteiger partial charge on any atom is -0.320 e. The highest BCUT2D eigenvalue weighted by Gasteiger charge is 2.22. The number of allylic oxidation sites excluding steroid dienone is 1. The zero-order valence-corrected chi connectivity index (χ0v) is 14.0. The van der Waals surface area contributed by atoms with Gasteiger partial charge in [-0.1, -0.05) is 0 Å². The number of hydrogen-bond acceptors (Lipinski definition) is 2. The predicted octanol–water partition coefficient (Wildman–Crippen LogP) is 4.18. The summed E-state index contributed by atoms with van der Waals surface area (Å²) in [7, 11) is 2.11. The molecule has 3 nitrogen and oxygen atoms in total. The van der Waals surface area contributed by atoms with E-state index in [1.807, 2.05) is 18.2 Å². The molecule has 4 heteroatoms. The normalized spacial score (nSPS) is 15.7. The lowest BCUT2D eigenvalue weighted by Gasteiger charge is -2.23. The topological polar surface area (TPSA) is 21.1 Å². The van der Waals surface area contributed by atoms with E-state index in [9.17, 15) is 4.39 Å². The summed E-state index contributed by atoms with van der Waals surface area (Å²) in [6.45, 7) is 3.99. The lowest BCUT2D eigenvalue weighted by atomic mass is 10.0. The molecular formula is C20H20FN3. The molecule has 1 aromatic carbocycles. The molecule has 0 radical (unpaired) electrons. The number of fused-ring (bicyclic) bond motifs is 3. The first kappa shape index (κ1) is 15.1. The van der Waals surface area contributed by atoms with Gasteiger partial charge in [0.25, 0.3) is 0 Å². The minimum atomic E-state index is -0.175. The van der Waals surface area contributed by atoms with Gasteiger partial charge < -0.3 is 9.47 Å². The summed E-state index contributed by atoms with van der Waals surface area (Å²) in [5.41, 5.74) is 5.93. The van der Waals surface area contributed by atoms with Crippen molar-refractivity contribution in [2.24, 2.45) is 0 Å². The van der Waals surface area contributed by atoms with Gasteiger partial charge in [0.2, 0.25) is 0 Å². The molecule has 0 saturated carbocycles. The molecule has 3 aromatic rings. The molecule has 0 amide bonds. The van der Waals surface area contributed by atoms with E-state index in [0.29, 0.717) is 0 Å². The van der Waals surface area contributed by atoms with E-state index in [0.717, 1.165) is 36.0 Å². The van der Waals surface area contributed by atoms with E-state index in [4.69, 9.17) is 0 Å². The predicted molar refractivity (Wildman–Crippen MR) is 96.0 cm³/mol. The third kappa shape index (κ3) is 2.53. The fourth-order valence-corrected chi connectivity index (χ4v) is 3.53. The Bertz CT molecular complexity index is 925. The number of nitrogens with zero attached hydrogens (tertiary/aromatic N) is 3. The van der Waals surface area contributed by atoms with Crippen molar-refractivity contribution in [3.05, 3.63) is 65.4 Å². The van der Waals surface area contributed by atoms with E-state index in [2.05, 4.69) is 34.6 Å². The third-order valence-electron chi connectivity index (χ3n) is 4.80. The molecule has 122 valence electrons. The Morgan fingerprint density at radius 1 is 1.21 bits per heavy atom. The van der Waals surface area contributed by atoms with Crippen LogP contribution in [-0.4, -0.2) is 28.0 Å². The molecule has 4 rings (SSSR count). The van der Waals surface area contributed by atoms with Crippen molar-refractivity contribution in [3.63, 3.8) is 0 Å². The third-order valence-corrected chi connectivity index (χ3v) is 4.80. The van der Waals surface area contributed by atoms with Gasteiger partial charge >= 0.3 is 0 Å². The first-order valence-corrected chi connectivity index (χ1v) is 8.22. The van der Waals surface area contributed by atoms with Crippen molar-refractivity contribution < 1.29 is 4.39 Å². The van der Waals surface area contributed by atoms with Crippen LogP contribution in [-0.2, 0) is 13.0 Å². The summed E-state index contributed by atoms with van der Waals surface area (Å²) in [6.07, 6.45) is 6.75. The molecule has 24 heavy (non-hydrogen) atoms. The number of likely N-dealkylation sites (N-methyl/N-ethyl adjacent to an activating group) is 1. The smallest absolute Gasteiger partial charge is 0.123 e. The average Bonchev–Trinajstić information content (AvgIpc) is 2.88. The Hall–Kier alpha value is -2.46. The second-order valence-corrected chi connectivity index (χ2v) is 6.49. The Balaban J connectivity index is 1.92. The summed E-state index contributed by atoms with van der Waals surface area (Å²) in [6, 6.07) is 9.12. The lowest BCUT2D eigenvalue weighted by molar-refractivity contribution is 0.312. The molecule has 0 aliphatic carbocycles. The Morgan fingerprint density at radius 2 is 2.00 bits per heavy atom. The second kappa shape index (κ2) is 5.87. The number of aromatic nitrogens is 2. The van der Waals surface area contributed by atoms with Gasteiger partial charge in [-0.05, 0) is 61.0 Å². The van der Waals surface area contributed by atoms with Crippen molar-refractivity contribution in [2.45, 2.75) is 19.9 Å². The first-order valence-electron chi connectivity index (χ1n) is 8.22. The van der Waals surface area contributed by atoms with Crippen LogP contribution in [0.5, 0.6) is 0 Å². The van der Waals surface area contributed by atoms with Crippen LogP contribution in [0.4, 0.5) is 4.39 Å². The Morgan fingerprint density at radius 3 is 2.79 bits per heavy atom. The number of halogens is 1. The molecular weight excluding hydrogens is 301 g/mol. The van der Waals surface area contributed by atoms with Gasteiger partial charge in [-0.3, -0.25) is 4.98 Å². The second-order valence-electron chi connectivity index (χ2n) is 6.49. The maximum absolute atomic E-state index is 13.8. The molecule has 0 bridgehead atoms. The molecule has 0 saturated heterocycles. The van der Waals surface area contributed by atoms with Gasteiger partial charge in [0.15, 0.2) is 0 Å². The van der Waals surface area contributed by atoms with E-state index in [1.54, 1.807) is 24.5 Å². The fourth-order valence-electron chi connectivity index (χ4n) is 3.53. The van der Waals surface area contributed by atoms with Gasteiger partial charge in [0, 0.05) is 49.2 Å². The molecule has 0 atom stereocenters. The van der Waals surface area contributed by atoms with Crippen LogP contribution in [0.25, 0.3) is 22.7 Å². The van der Waals surface area contributed by atoms with Gasteiger partial charge in [-0.25, -0.2) is 4.39 Å². The first-order chi connectivity index (χ1) is 11.6. The summed E-state index contributed by atoms with van der Waals surface area (Å²) in [4.78, 5) is 6.37. The fraction of sp³-hybridized carbons (Fsp3) is 0.250. The summed E-state index contributed by atoms with van der Waals surface area (Å²) < 4.78 is 16.0. The SMILES string of the molecule is CC(=Cn1c2c(c3cc(F)ccc31)CN(C)CC2)c1ccncc1. The molecule has 0 unspecified atom stereocenters. The monoisotopic (exact) mass is 321 g/mol. The highest BCUT2D eigenvalue weighted by molar-refractivity contribution is 5.90. The van der Waals surface area contributed by atoms with Crippen LogP contribution >= 0.6 is 0 Å². The van der Waals surface area contributed by atoms with E-state index in [-0.39, 0.29) is 5.82 Å². The van der Waals surface area contributed by atoms with E-state index in [1.165, 1.54) is 16.8 Å². The van der Waals surface area contributed by atoms with Crippen LogP contribution in [0, 0.1) is 5.82 Å². The molecule has 1 aliphatic heterocycles. The van der Waals surface area contributed by atoms with Gasteiger partial charge in [0.1, 0.15) is 5.82 Å². The van der Waals surface area contributed by atoms with Gasteiger partial charge in [-0.15, -0.1) is 0 Å². The quantitative estimate of drug-likeness (QED) is 0.706. The lowest BCUT2D eigenvalue weighted by Crippen LogP contribution is -2.26. The van der Waals surface area contributed by atoms with Crippen LogP contribution in [0.15, 0.2) is 42.7 Å². The van der Waals surface area contributed by atoms with Crippen LogP contribution in [0.2, 0.25) is 0 Å². The molecule has 1 aliphatic rings. The van der Waals surface area contributed by atoms with Crippen molar-refractivity contribution in [1.82, 2.24) is 14.5 Å². The van der Waals surface area contributed by atoms with Crippen molar-refractivity contribution in [1.29, 1.82) is 0 Å². The largest absolute Gasteiger partial charge is 0.320 e. The highest BCUT2D eigenvalue weighted by Crippen LogP contribution is 2.32. The van der Waals surface area contributed by atoms with Crippen molar-refractivity contribution >= 4 is 22.7 Å². The molecule has 0 fully saturated rings. The highest BCUT2D eigenvalue weighted by atomic mass is 19.1. The number of benzene rings is 1. The number of rotatable bonds is 2. The standard InChI is InChI=1S/C20H20FN3/c1-14(15-5-8-22-9-6-15)12-24-19-4-3-16(21)11-17(19)18-13-23(2)10-7-20(18)24/h3-6,8-9,11-12H,7,10,13H2,1-2H3. The van der Waals surface area contributed by atoms with Crippen LogP contribution in [0.1, 0.15) is 23.7 Å². The Labute approximate surface area is 141 Å². The summed E-state index contributed by atoms with van der Waals surface area (Å²) in [5, 5.41) is 1.02. The van der Waals surface area contributed by atoms with Gasteiger partial charge in [0.05, 0.1) is 5.52 Å². The minimum absolute atomic E-state index is 0.175. The zero-order valence-electron chi connectivity index (χ0n) is 14.0. The number of pyridine rings is 1. The van der Waals surface area contributed by atoms with Crippen LogP contribution in [0.3, 0.4) is 0 Å². The van der Waals surface area contributed by atoms with Crippen molar-refractivity contribution in [2.75, 3.05) is 13.6 Å². The molecule has 0 spiro atoms. The van der Waals surface area contributed by atoms with E-state index >= 15 is 0 Å². The van der Waals surface area contributed by atoms with Crippen LogP contribution < -0.4 is 0 Å².